The van der Waals surface area contributed by atoms with Crippen molar-refractivity contribution in [2.45, 2.75) is 50.8 Å². The number of aromatic nitrogens is 3. The maximum atomic E-state index is 13.0. The monoisotopic (exact) mass is 346 g/mol. The Labute approximate surface area is 146 Å². The molecule has 7 heteroatoms. The molecule has 1 aliphatic heterocycles. The first-order chi connectivity index (χ1) is 12.1. The molecule has 1 saturated heterocycles. The zero-order valence-corrected chi connectivity index (χ0v) is 14.1. The van der Waals surface area contributed by atoms with E-state index in [-0.39, 0.29) is 17.8 Å². The molecule has 1 amide bonds. The lowest BCUT2D eigenvalue weighted by molar-refractivity contribution is -0.132. The molecule has 1 N–H and O–H groups in total. The highest BCUT2D eigenvalue weighted by Gasteiger charge is 2.30. The van der Waals surface area contributed by atoms with Crippen molar-refractivity contribution in [2.75, 3.05) is 6.54 Å². The van der Waals surface area contributed by atoms with Gasteiger partial charge < -0.3 is 10.0 Å². The summed E-state index contributed by atoms with van der Waals surface area (Å²) in [6.07, 6.45) is 6.23. The molecule has 0 aliphatic carbocycles. The summed E-state index contributed by atoms with van der Waals surface area (Å²) in [4.78, 5) is 14.4. The van der Waals surface area contributed by atoms with Gasteiger partial charge >= 0.3 is 0 Å². The van der Waals surface area contributed by atoms with Crippen LogP contribution in [0.25, 0.3) is 0 Å². The number of aliphatic hydroxyl groups is 1. The average Bonchev–Trinajstić information content (AvgIpc) is 3.27. The van der Waals surface area contributed by atoms with Crippen LogP contribution < -0.4 is 0 Å². The average molecular weight is 346 g/mol. The topological polar surface area (TPSA) is 71.2 Å². The SMILES string of the molecule is O=C(CCCn1ccnn1)N1CCCC1CC(O)c1ccc(F)cc1. The summed E-state index contributed by atoms with van der Waals surface area (Å²) in [5.41, 5.74) is 0.687. The molecule has 3 rings (SSSR count). The Balaban J connectivity index is 1.50. The fourth-order valence-electron chi connectivity index (χ4n) is 3.38. The van der Waals surface area contributed by atoms with Crippen LogP contribution in [0.5, 0.6) is 0 Å². The third kappa shape index (κ3) is 4.63. The Hall–Kier alpha value is -2.28. The molecule has 25 heavy (non-hydrogen) atoms. The van der Waals surface area contributed by atoms with E-state index < -0.39 is 6.10 Å². The zero-order chi connectivity index (χ0) is 17.6. The summed E-state index contributed by atoms with van der Waals surface area (Å²) in [7, 11) is 0. The highest BCUT2D eigenvalue weighted by molar-refractivity contribution is 5.76. The van der Waals surface area contributed by atoms with Crippen molar-refractivity contribution in [3.8, 4) is 0 Å². The van der Waals surface area contributed by atoms with Gasteiger partial charge in [-0.05, 0) is 43.4 Å². The number of benzene rings is 1. The quantitative estimate of drug-likeness (QED) is 0.835. The molecular formula is C18H23FN4O2. The minimum absolute atomic E-state index is 0.0407. The molecule has 0 spiro atoms. The normalized spacial score (nSPS) is 18.5. The molecular weight excluding hydrogens is 323 g/mol. The van der Waals surface area contributed by atoms with Gasteiger partial charge in [-0.2, -0.15) is 0 Å². The number of hydrogen-bond donors (Lipinski definition) is 1. The van der Waals surface area contributed by atoms with Crippen LogP contribution in [0.4, 0.5) is 4.39 Å². The van der Waals surface area contributed by atoms with Crippen LogP contribution >= 0.6 is 0 Å². The Bertz CT molecular complexity index is 675. The maximum Gasteiger partial charge on any atom is 0.222 e. The first kappa shape index (κ1) is 17.5. The number of nitrogens with zero attached hydrogens (tertiary/aromatic N) is 4. The van der Waals surface area contributed by atoms with Gasteiger partial charge in [0.25, 0.3) is 0 Å². The Morgan fingerprint density at radius 1 is 1.36 bits per heavy atom. The number of likely N-dealkylation sites (tertiary alicyclic amines) is 1. The van der Waals surface area contributed by atoms with E-state index in [0.717, 1.165) is 19.4 Å². The highest BCUT2D eigenvalue weighted by Crippen LogP contribution is 2.28. The van der Waals surface area contributed by atoms with Crippen LogP contribution in [-0.2, 0) is 11.3 Å². The first-order valence-corrected chi connectivity index (χ1v) is 8.70. The fraction of sp³-hybridized carbons (Fsp3) is 0.500. The number of carbonyl (C=O) groups is 1. The van der Waals surface area contributed by atoms with Crippen LogP contribution in [0.3, 0.4) is 0 Å². The molecule has 0 radical (unpaired) electrons. The first-order valence-electron chi connectivity index (χ1n) is 8.70. The molecule has 0 saturated carbocycles. The predicted octanol–water partition coefficient (Wildman–Crippen LogP) is 2.31. The minimum atomic E-state index is -0.686. The lowest BCUT2D eigenvalue weighted by Gasteiger charge is -2.27. The summed E-state index contributed by atoms with van der Waals surface area (Å²) in [6.45, 7) is 1.41. The molecule has 2 unspecified atom stereocenters. The summed E-state index contributed by atoms with van der Waals surface area (Å²) in [5, 5.41) is 18.0. The van der Waals surface area contributed by atoms with Crippen molar-refractivity contribution in [3.63, 3.8) is 0 Å². The Morgan fingerprint density at radius 3 is 2.88 bits per heavy atom. The van der Waals surface area contributed by atoms with Crippen LogP contribution in [0.1, 0.15) is 43.8 Å². The van der Waals surface area contributed by atoms with Crippen LogP contribution in [0, 0.1) is 5.82 Å². The van der Waals surface area contributed by atoms with Crippen molar-refractivity contribution in [3.05, 3.63) is 48.0 Å². The van der Waals surface area contributed by atoms with Crippen LogP contribution in [-0.4, -0.2) is 43.5 Å². The fourth-order valence-corrected chi connectivity index (χ4v) is 3.38. The summed E-state index contributed by atoms with van der Waals surface area (Å²) >= 11 is 0. The molecule has 2 atom stereocenters. The van der Waals surface area contributed by atoms with Gasteiger partial charge in [0, 0.05) is 31.7 Å². The number of aliphatic hydroxyl groups excluding tert-OH is 1. The molecule has 6 nitrogen and oxygen atoms in total. The number of aryl methyl sites for hydroxylation is 1. The predicted molar refractivity (Wildman–Crippen MR) is 90.0 cm³/mol. The van der Waals surface area contributed by atoms with Crippen molar-refractivity contribution < 1.29 is 14.3 Å². The molecule has 1 aliphatic rings. The molecule has 1 fully saturated rings. The van der Waals surface area contributed by atoms with Gasteiger partial charge in [0.2, 0.25) is 5.91 Å². The molecule has 1 aromatic carbocycles. The third-order valence-electron chi connectivity index (χ3n) is 4.70. The number of hydrogen-bond acceptors (Lipinski definition) is 4. The van der Waals surface area contributed by atoms with Crippen molar-refractivity contribution >= 4 is 5.91 Å². The molecule has 2 heterocycles. The lowest BCUT2D eigenvalue weighted by atomic mass is 10.0. The van der Waals surface area contributed by atoms with Gasteiger partial charge in [-0.15, -0.1) is 5.10 Å². The molecule has 1 aromatic heterocycles. The van der Waals surface area contributed by atoms with E-state index in [1.54, 1.807) is 29.2 Å². The molecule has 2 aromatic rings. The smallest absolute Gasteiger partial charge is 0.222 e. The van der Waals surface area contributed by atoms with E-state index in [2.05, 4.69) is 10.3 Å². The maximum absolute atomic E-state index is 13.0. The lowest BCUT2D eigenvalue weighted by Crippen LogP contribution is -2.36. The van der Waals surface area contributed by atoms with E-state index in [9.17, 15) is 14.3 Å². The largest absolute Gasteiger partial charge is 0.388 e. The zero-order valence-electron chi connectivity index (χ0n) is 14.1. The van der Waals surface area contributed by atoms with Crippen molar-refractivity contribution in [2.24, 2.45) is 0 Å². The van der Waals surface area contributed by atoms with E-state index >= 15 is 0 Å². The van der Waals surface area contributed by atoms with E-state index in [0.29, 0.717) is 31.4 Å². The van der Waals surface area contributed by atoms with Crippen LogP contribution in [0.15, 0.2) is 36.7 Å². The Kier molecular flexibility index (Phi) is 5.75. The van der Waals surface area contributed by atoms with Gasteiger partial charge in [-0.1, -0.05) is 17.3 Å². The van der Waals surface area contributed by atoms with E-state index in [1.807, 2.05) is 4.90 Å². The number of rotatable bonds is 7. The van der Waals surface area contributed by atoms with Gasteiger partial charge in [-0.3, -0.25) is 9.48 Å². The second-order valence-corrected chi connectivity index (χ2v) is 6.46. The second kappa shape index (κ2) is 8.20. The Morgan fingerprint density at radius 2 is 2.16 bits per heavy atom. The van der Waals surface area contributed by atoms with E-state index in [4.69, 9.17) is 0 Å². The summed E-state index contributed by atoms with van der Waals surface area (Å²) in [6, 6.07) is 5.93. The standard InChI is InChI=1S/C18H23FN4O2/c19-15-7-5-14(6-8-15)17(24)13-16-3-1-11-23(16)18(25)4-2-10-22-12-9-20-21-22/h5-9,12,16-17,24H,1-4,10-11,13H2. The van der Waals surface area contributed by atoms with Gasteiger partial charge in [0.1, 0.15) is 5.82 Å². The van der Waals surface area contributed by atoms with Gasteiger partial charge in [-0.25, -0.2) is 4.39 Å². The van der Waals surface area contributed by atoms with Crippen molar-refractivity contribution in [1.29, 1.82) is 0 Å². The number of carbonyl (C=O) groups excluding carboxylic acids is 1. The second-order valence-electron chi connectivity index (χ2n) is 6.46. The highest BCUT2D eigenvalue weighted by atomic mass is 19.1. The van der Waals surface area contributed by atoms with Crippen molar-refractivity contribution in [1.82, 2.24) is 19.9 Å². The van der Waals surface area contributed by atoms with E-state index in [1.165, 1.54) is 12.1 Å². The molecule has 0 bridgehead atoms. The number of amides is 1. The third-order valence-corrected chi connectivity index (χ3v) is 4.70. The molecule has 134 valence electrons. The minimum Gasteiger partial charge on any atom is -0.388 e. The number of halogens is 1. The van der Waals surface area contributed by atoms with Gasteiger partial charge in [0.15, 0.2) is 0 Å². The van der Waals surface area contributed by atoms with Crippen LogP contribution in [0.2, 0.25) is 0 Å². The summed E-state index contributed by atoms with van der Waals surface area (Å²) < 4.78 is 14.7. The van der Waals surface area contributed by atoms with Gasteiger partial charge in [0.05, 0.1) is 12.3 Å². The summed E-state index contributed by atoms with van der Waals surface area (Å²) in [5.74, 6) is -0.199.